The third-order valence-corrected chi connectivity index (χ3v) is 4.71. The predicted molar refractivity (Wildman–Crippen MR) is 114 cm³/mol. The number of benzene rings is 2. The van der Waals surface area contributed by atoms with Gasteiger partial charge in [0.15, 0.2) is 0 Å². The molecule has 0 unspecified atom stereocenters. The number of methoxy groups -OCH3 is 1. The van der Waals surface area contributed by atoms with E-state index < -0.39 is 23.8 Å². The Bertz CT molecular complexity index is 1090. The molecule has 1 aliphatic heterocycles. The molecule has 0 saturated carbocycles. The van der Waals surface area contributed by atoms with Crippen LogP contribution in [0.2, 0.25) is 0 Å². The largest absolute Gasteiger partial charge is 0.465 e. The van der Waals surface area contributed by atoms with Crippen molar-refractivity contribution >= 4 is 46.7 Å². The van der Waals surface area contributed by atoms with Crippen molar-refractivity contribution in [3.05, 3.63) is 70.4 Å². The Morgan fingerprint density at radius 3 is 2.35 bits per heavy atom. The maximum atomic E-state index is 12.9. The zero-order valence-corrected chi connectivity index (χ0v) is 17.6. The zero-order chi connectivity index (χ0) is 22.5. The number of anilines is 2. The molecule has 8 nitrogen and oxygen atoms in total. The number of carbonyl (C=O) groups is 4. The second-order valence-electron chi connectivity index (χ2n) is 6.52. The van der Waals surface area contributed by atoms with E-state index in [1.807, 2.05) is 6.92 Å². The lowest BCUT2D eigenvalue weighted by Crippen LogP contribution is -2.32. The van der Waals surface area contributed by atoms with E-state index in [-0.39, 0.29) is 27.5 Å². The van der Waals surface area contributed by atoms with E-state index in [0.29, 0.717) is 18.7 Å². The van der Waals surface area contributed by atoms with Crippen LogP contribution in [0.5, 0.6) is 0 Å². The van der Waals surface area contributed by atoms with Gasteiger partial charge in [-0.25, -0.2) is 14.5 Å². The van der Waals surface area contributed by atoms with Crippen LogP contribution >= 0.6 is 11.6 Å². The zero-order valence-electron chi connectivity index (χ0n) is 16.8. The molecule has 160 valence electrons. The van der Waals surface area contributed by atoms with Crippen molar-refractivity contribution in [3.8, 4) is 0 Å². The summed E-state index contributed by atoms with van der Waals surface area (Å²) in [6, 6.07) is 12.2. The molecule has 31 heavy (non-hydrogen) atoms. The number of amides is 2. The number of esters is 2. The molecule has 0 spiro atoms. The average molecular weight is 443 g/mol. The topological polar surface area (TPSA) is 102 Å². The summed E-state index contributed by atoms with van der Waals surface area (Å²) in [6.07, 6.45) is 0.690. The third kappa shape index (κ3) is 4.59. The normalized spacial score (nSPS) is 13.5. The van der Waals surface area contributed by atoms with Crippen LogP contribution in [0.15, 0.2) is 59.3 Å². The lowest BCUT2D eigenvalue weighted by molar-refractivity contribution is -0.120. The lowest BCUT2D eigenvalue weighted by atomic mass is 10.2. The fraction of sp³-hybridized carbons (Fsp3) is 0.182. The SMILES string of the molecule is CCCOC(=O)c1cccc(NC2=C(Cl)C(=O)N(c3cccc(C(=O)OC)c3)C2=O)c1. The van der Waals surface area contributed by atoms with Crippen molar-refractivity contribution in [2.45, 2.75) is 13.3 Å². The van der Waals surface area contributed by atoms with Gasteiger partial charge in [-0.05, 0) is 42.8 Å². The van der Waals surface area contributed by atoms with E-state index in [1.54, 1.807) is 18.2 Å². The standard InChI is InChI=1S/C22H19ClN2O6/c1-3-10-31-22(29)13-6-4-8-15(11-13)24-18-17(23)19(26)25(20(18)27)16-9-5-7-14(12-16)21(28)30-2/h4-9,11-12,24H,3,10H2,1-2H3. The highest BCUT2D eigenvalue weighted by Gasteiger charge is 2.39. The van der Waals surface area contributed by atoms with Gasteiger partial charge in [0.1, 0.15) is 10.7 Å². The van der Waals surface area contributed by atoms with E-state index in [2.05, 4.69) is 10.1 Å². The number of halogens is 1. The van der Waals surface area contributed by atoms with E-state index in [0.717, 1.165) is 4.90 Å². The second-order valence-corrected chi connectivity index (χ2v) is 6.90. The number of imide groups is 1. The minimum atomic E-state index is -0.741. The van der Waals surface area contributed by atoms with E-state index in [1.165, 1.54) is 37.4 Å². The molecule has 2 amide bonds. The number of ether oxygens (including phenoxy) is 2. The van der Waals surface area contributed by atoms with E-state index >= 15 is 0 Å². The van der Waals surface area contributed by atoms with Gasteiger partial charge in [-0.3, -0.25) is 9.59 Å². The summed E-state index contributed by atoms with van der Waals surface area (Å²) >= 11 is 6.14. The Morgan fingerprint density at radius 1 is 1.00 bits per heavy atom. The van der Waals surface area contributed by atoms with Crippen molar-refractivity contribution in [2.75, 3.05) is 23.9 Å². The average Bonchev–Trinajstić information content (AvgIpc) is 3.00. The summed E-state index contributed by atoms with van der Waals surface area (Å²) in [5.74, 6) is -2.54. The molecule has 0 fully saturated rings. The summed E-state index contributed by atoms with van der Waals surface area (Å²) in [7, 11) is 1.23. The quantitative estimate of drug-likeness (QED) is 0.517. The molecule has 0 aromatic heterocycles. The Balaban J connectivity index is 1.84. The Hall–Kier alpha value is -3.65. The number of hydrogen-bond acceptors (Lipinski definition) is 7. The first-order valence-electron chi connectivity index (χ1n) is 9.38. The molecule has 0 aliphatic carbocycles. The van der Waals surface area contributed by atoms with Crippen molar-refractivity contribution in [3.63, 3.8) is 0 Å². The molecule has 2 aromatic carbocycles. The summed E-state index contributed by atoms with van der Waals surface area (Å²) in [5.41, 5.74) is 0.871. The molecule has 3 rings (SSSR count). The van der Waals surface area contributed by atoms with Crippen LogP contribution in [-0.2, 0) is 19.1 Å². The first kappa shape index (κ1) is 22.0. The van der Waals surface area contributed by atoms with Gasteiger partial charge in [-0.2, -0.15) is 0 Å². The predicted octanol–water partition coefficient (Wildman–Crippen LogP) is 3.48. The fourth-order valence-electron chi connectivity index (χ4n) is 2.88. The molecule has 1 N–H and O–H groups in total. The smallest absolute Gasteiger partial charge is 0.338 e. The number of nitrogens with zero attached hydrogens (tertiary/aromatic N) is 1. The Kier molecular flexibility index (Phi) is 6.71. The van der Waals surface area contributed by atoms with Crippen molar-refractivity contribution < 1.29 is 28.7 Å². The van der Waals surface area contributed by atoms with Crippen molar-refractivity contribution in [1.29, 1.82) is 0 Å². The van der Waals surface area contributed by atoms with Crippen LogP contribution in [0.4, 0.5) is 11.4 Å². The molecule has 9 heteroatoms. The van der Waals surface area contributed by atoms with Gasteiger partial charge in [0.05, 0.1) is 30.5 Å². The molecule has 0 atom stereocenters. The van der Waals surface area contributed by atoms with Crippen LogP contribution in [-0.4, -0.2) is 37.5 Å². The first-order valence-corrected chi connectivity index (χ1v) is 9.76. The highest BCUT2D eigenvalue weighted by molar-refractivity contribution is 6.53. The Morgan fingerprint density at radius 2 is 1.68 bits per heavy atom. The number of rotatable bonds is 7. The lowest BCUT2D eigenvalue weighted by Gasteiger charge is -2.16. The number of hydrogen-bond donors (Lipinski definition) is 1. The monoisotopic (exact) mass is 442 g/mol. The highest BCUT2D eigenvalue weighted by atomic mass is 35.5. The number of nitrogens with one attached hydrogen (secondary N) is 1. The maximum absolute atomic E-state index is 12.9. The van der Waals surface area contributed by atoms with Gasteiger partial charge in [0.2, 0.25) is 0 Å². The van der Waals surface area contributed by atoms with Crippen LogP contribution in [0, 0.1) is 0 Å². The molecule has 2 aromatic rings. The van der Waals surface area contributed by atoms with Crippen LogP contribution < -0.4 is 10.2 Å². The molecule has 0 radical (unpaired) electrons. The van der Waals surface area contributed by atoms with Crippen LogP contribution in [0.1, 0.15) is 34.1 Å². The van der Waals surface area contributed by atoms with E-state index in [4.69, 9.17) is 16.3 Å². The fourth-order valence-corrected chi connectivity index (χ4v) is 3.09. The summed E-state index contributed by atoms with van der Waals surface area (Å²) < 4.78 is 9.77. The molecule has 1 aliphatic rings. The summed E-state index contributed by atoms with van der Waals surface area (Å²) in [5, 5.41) is 2.49. The van der Waals surface area contributed by atoms with Crippen LogP contribution in [0.25, 0.3) is 0 Å². The molecular formula is C22H19ClN2O6. The maximum Gasteiger partial charge on any atom is 0.338 e. The number of carbonyl (C=O) groups excluding carboxylic acids is 4. The van der Waals surface area contributed by atoms with Gasteiger partial charge in [-0.1, -0.05) is 30.7 Å². The van der Waals surface area contributed by atoms with Crippen LogP contribution in [0.3, 0.4) is 0 Å². The Labute approximate surface area is 183 Å². The van der Waals surface area contributed by atoms with Gasteiger partial charge in [0, 0.05) is 5.69 Å². The minimum Gasteiger partial charge on any atom is -0.465 e. The van der Waals surface area contributed by atoms with Gasteiger partial charge in [0.25, 0.3) is 11.8 Å². The second kappa shape index (κ2) is 9.44. The highest BCUT2D eigenvalue weighted by Crippen LogP contribution is 2.30. The van der Waals surface area contributed by atoms with E-state index in [9.17, 15) is 19.2 Å². The summed E-state index contributed by atoms with van der Waals surface area (Å²) in [4.78, 5) is 50.3. The molecular weight excluding hydrogens is 424 g/mol. The third-order valence-electron chi connectivity index (χ3n) is 4.36. The first-order chi connectivity index (χ1) is 14.9. The summed E-state index contributed by atoms with van der Waals surface area (Å²) in [6.45, 7) is 2.18. The van der Waals surface area contributed by atoms with Gasteiger partial charge in [-0.15, -0.1) is 0 Å². The van der Waals surface area contributed by atoms with Gasteiger partial charge < -0.3 is 14.8 Å². The molecule has 0 saturated heterocycles. The van der Waals surface area contributed by atoms with Crippen molar-refractivity contribution in [1.82, 2.24) is 0 Å². The molecule has 0 bridgehead atoms. The molecule has 1 heterocycles. The minimum absolute atomic E-state index is 0.144. The van der Waals surface area contributed by atoms with Crippen molar-refractivity contribution in [2.24, 2.45) is 0 Å². The van der Waals surface area contributed by atoms with Gasteiger partial charge >= 0.3 is 11.9 Å².